The fourth-order valence-electron chi connectivity index (χ4n) is 4.72. The first-order valence-electron chi connectivity index (χ1n) is 11.0. The van der Waals surface area contributed by atoms with E-state index in [-0.39, 0.29) is 24.0 Å². The Morgan fingerprint density at radius 2 is 1.72 bits per heavy atom. The van der Waals surface area contributed by atoms with Crippen LogP contribution in [0.2, 0.25) is 0 Å². The summed E-state index contributed by atoms with van der Waals surface area (Å²) in [5, 5.41) is 3.31. The molecule has 32 heavy (non-hydrogen) atoms. The molecule has 1 unspecified atom stereocenters. The highest BCUT2D eigenvalue weighted by Gasteiger charge is 2.45. The van der Waals surface area contributed by atoms with Crippen LogP contribution in [0.25, 0.3) is 6.08 Å². The first kappa shape index (κ1) is 20.2. The number of nitrogens with one attached hydrogen (secondary N) is 1. The van der Waals surface area contributed by atoms with Crippen LogP contribution in [0.1, 0.15) is 30.4 Å². The zero-order valence-corrected chi connectivity index (χ0v) is 18.0. The Morgan fingerprint density at radius 3 is 2.47 bits per heavy atom. The zero-order chi connectivity index (χ0) is 22.2. The zero-order valence-electron chi connectivity index (χ0n) is 18.0. The van der Waals surface area contributed by atoms with E-state index in [4.69, 9.17) is 0 Å². The third-order valence-corrected chi connectivity index (χ3v) is 6.36. The van der Waals surface area contributed by atoms with Crippen LogP contribution < -0.4 is 10.2 Å². The Labute approximate surface area is 187 Å². The highest BCUT2D eigenvalue weighted by molar-refractivity contribution is 6.22. The van der Waals surface area contributed by atoms with E-state index in [0.717, 1.165) is 16.7 Å². The van der Waals surface area contributed by atoms with E-state index < -0.39 is 6.04 Å². The Balaban J connectivity index is 1.41. The van der Waals surface area contributed by atoms with E-state index in [2.05, 4.69) is 5.32 Å². The second kappa shape index (κ2) is 8.11. The molecule has 1 N–H and O–H groups in total. The van der Waals surface area contributed by atoms with Crippen LogP contribution in [-0.2, 0) is 14.4 Å². The van der Waals surface area contributed by atoms with Crippen LogP contribution in [0.4, 0.5) is 5.69 Å². The fourth-order valence-corrected chi connectivity index (χ4v) is 4.72. The third-order valence-electron chi connectivity index (χ3n) is 6.36. The molecule has 5 rings (SSSR count). The van der Waals surface area contributed by atoms with Crippen molar-refractivity contribution in [1.29, 1.82) is 0 Å². The van der Waals surface area contributed by atoms with Crippen molar-refractivity contribution in [2.45, 2.75) is 32.2 Å². The largest absolute Gasteiger partial charge is 0.370 e. The van der Waals surface area contributed by atoms with Gasteiger partial charge < -0.3 is 10.2 Å². The summed E-state index contributed by atoms with van der Waals surface area (Å²) in [7, 11) is 0. The number of carbonyl (C=O) groups excluding carboxylic acids is 3. The number of rotatable bonds is 3. The Hall–Kier alpha value is -3.67. The molecule has 0 bridgehead atoms. The van der Waals surface area contributed by atoms with Gasteiger partial charge in [-0.25, -0.2) is 4.90 Å². The molecule has 1 saturated carbocycles. The van der Waals surface area contributed by atoms with Crippen molar-refractivity contribution in [3.63, 3.8) is 0 Å². The van der Waals surface area contributed by atoms with Crippen LogP contribution in [-0.4, -0.2) is 41.6 Å². The molecule has 1 aliphatic carbocycles. The van der Waals surface area contributed by atoms with Gasteiger partial charge >= 0.3 is 0 Å². The summed E-state index contributed by atoms with van der Waals surface area (Å²) in [6.07, 6.45) is 3.37. The summed E-state index contributed by atoms with van der Waals surface area (Å²) in [6.45, 7) is 3.20. The molecule has 6 heteroatoms. The molecular formula is C26H25N3O3. The number of aryl methyl sites for hydroxylation is 1. The van der Waals surface area contributed by atoms with Crippen molar-refractivity contribution in [3.05, 3.63) is 82.7 Å². The van der Waals surface area contributed by atoms with Gasteiger partial charge in [0.1, 0.15) is 11.9 Å². The summed E-state index contributed by atoms with van der Waals surface area (Å²) < 4.78 is 0. The van der Waals surface area contributed by atoms with E-state index >= 15 is 0 Å². The Bertz CT molecular complexity index is 1150. The average molecular weight is 428 g/mol. The maximum absolute atomic E-state index is 13.3. The van der Waals surface area contributed by atoms with E-state index in [1.165, 1.54) is 4.90 Å². The fraction of sp³-hybridized carbons (Fsp3) is 0.269. The lowest BCUT2D eigenvalue weighted by Crippen LogP contribution is -2.41. The molecule has 162 valence electrons. The molecule has 2 saturated heterocycles. The van der Waals surface area contributed by atoms with Crippen molar-refractivity contribution >= 4 is 29.4 Å². The van der Waals surface area contributed by atoms with Gasteiger partial charge in [-0.15, -0.1) is 0 Å². The minimum Gasteiger partial charge on any atom is -0.370 e. The maximum Gasteiger partial charge on any atom is 0.257 e. The maximum atomic E-state index is 13.3. The standard InChI is InChI=1S/C26H25N3O3/c1-17-7-10-20(11-8-17)29-23(30)16-22(26(29)32)28-14-13-27-25(28)21-12-9-19(24(21)31)15-18-5-3-2-4-6-18/h2-8,10-11,15,22,27H,9,12-14,16H2,1H3/b19-15-,25-21+. The van der Waals surface area contributed by atoms with Gasteiger partial charge in [-0.3, -0.25) is 14.4 Å². The molecule has 0 radical (unpaired) electrons. The van der Waals surface area contributed by atoms with E-state index in [0.29, 0.717) is 43.0 Å². The van der Waals surface area contributed by atoms with Crippen LogP contribution in [0.5, 0.6) is 0 Å². The SMILES string of the molecule is Cc1ccc(N2C(=O)CC(N3CCN/C3=C3/CC/C(=C/c4ccccc4)C3=O)C2=O)cc1. The molecule has 3 fully saturated rings. The van der Waals surface area contributed by atoms with Crippen LogP contribution in [0.15, 0.2) is 71.6 Å². The number of benzene rings is 2. The van der Waals surface area contributed by atoms with Gasteiger partial charge in [0.05, 0.1) is 12.1 Å². The summed E-state index contributed by atoms with van der Waals surface area (Å²) in [5.41, 5.74) is 4.16. The number of hydrogen-bond acceptors (Lipinski definition) is 5. The lowest BCUT2D eigenvalue weighted by molar-refractivity contribution is -0.122. The lowest BCUT2D eigenvalue weighted by Gasteiger charge is -2.26. The number of imide groups is 1. The number of amides is 2. The first-order chi connectivity index (χ1) is 15.5. The topological polar surface area (TPSA) is 69.7 Å². The summed E-state index contributed by atoms with van der Waals surface area (Å²) in [4.78, 5) is 42.4. The van der Waals surface area contributed by atoms with Gasteiger partial charge in [0.15, 0.2) is 5.78 Å². The van der Waals surface area contributed by atoms with Gasteiger partial charge in [0.25, 0.3) is 5.91 Å². The molecule has 2 aromatic rings. The van der Waals surface area contributed by atoms with Crippen molar-refractivity contribution in [1.82, 2.24) is 10.2 Å². The van der Waals surface area contributed by atoms with Crippen molar-refractivity contribution in [3.8, 4) is 0 Å². The third kappa shape index (κ3) is 3.51. The lowest BCUT2D eigenvalue weighted by atomic mass is 10.1. The second-order valence-electron chi connectivity index (χ2n) is 8.48. The summed E-state index contributed by atoms with van der Waals surface area (Å²) in [5.74, 6) is 0.299. The van der Waals surface area contributed by atoms with Crippen LogP contribution in [0, 0.1) is 6.92 Å². The predicted molar refractivity (Wildman–Crippen MR) is 122 cm³/mol. The second-order valence-corrected chi connectivity index (χ2v) is 8.48. The number of ketones is 1. The molecule has 2 heterocycles. The summed E-state index contributed by atoms with van der Waals surface area (Å²) in [6, 6.07) is 16.6. The molecule has 2 amide bonds. The number of nitrogens with zero attached hydrogens (tertiary/aromatic N) is 2. The molecule has 1 atom stereocenters. The van der Waals surface area contributed by atoms with Gasteiger partial charge in [0, 0.05) is 24.2 Å². The van der Waals surface area contributed by atoms with E-state index in [9.17, 15) is 14.4 Å². The molecule has 3 aliphatic rings. The van der Waals surface area contributed by atoms with E-state index in [1.807, 2.05) is 60.4 Å². The van der Waals surface area contributed by atoms with Crippen LogP contribution >= 0.6 is 0 Å². The monoisotopic (exact) mass is 427 g/mol. The molecule has 2 aliphatic heterocycles. The molecular weight excluding hydrogens is 402 g/mol. The number of carbonyl (C=O) groups is 3. The highest BCUT2D eigenvalue weighted by atomic mass is 16.2. The van der Waals surface area contributed by atoms with Gasteiger partial charge in [0.2, 0.25) is 5.91 Å². The molecule has 0 aromatic heterocycles. The number of allylic oxidation sites excluding steroid dienone is 2. The number of anilines is 1. The van der Waals surface area contributed by atoms with Crippen LogP contribution in [0.3, 0.4) is 0 Å². The summed E-state index contributed by atoms with van der Waals surface area (Å²) >= 11 is 0. The Morgan fingerprint density at radius 1 is 0.969 bits per heavy atom. The molecule has 0 spiro atoms. The molecule has 2 aromatic carbocycles. The normalized spacial score (nSPS) is 24.7. The van der Waals surface area contributed by atoms with Gasteiger partial charge in [-0.2, -0.15) is 0 Å². The van der Waals surface area contributed by atoms with Gasteiger partial charge in [-0.05, 0) is 43.5 Å². The van der Waals surface area contributed by atoms with E-state index in [1.54, 1.807) is 12.1 Å². The quantitative estimate of drug-likeness (QED) is 0.602. The van der Waals surface area contributed by atoms with Gasteiger partial charge in [-0.1, -0.05) is 48.0 Å². The number of Topliss-reactive ketones (excluding diaryl/α,β-unsaturated/α-hetero) is 1. The first-order valence-corrected chi connectivity index (χ1v) is 11.0. The minimum atomic E-state index is -0.587. The smallest absolute Gasteiger partial charge is 0.257 e. The Kier molecular flexibility index (Phi) is 5.13. The number of hydrogen-bond donors (Lipinski definition) is 1. The highest BCUT2D eigenvalue weighted by Crippen LogP contribution is 2.34. The predicted octanol–water partition coefficient (Wildman–Crippen LogP) is 3.19. The average Bonchev–Trinajstić information content (AvgIpc) is 3.48. The minimum absolute atomic E-state index is 0.0235. The van der Waals surface area contributed by atoms with Crippen molar-refractivity contribution in [2.75, 3.05) is 18.0 Å². The van der Waals surface area contributed by atoms with Crippen molar-refractivity contribution in [2.24, 2.45) is 0 Å². The van der Waals surface area contributed by atoms with Crippen molar-refractivity contribution < 1.29 is 14.4 Å². The molecule has 6 nitrogen and oxygen atoms in total.